The van der Waals surface area contributed by atoms with Crippen LogP contribution in [0.2, 0.25) is 0 Å². The van der Waals surface area contributed by atoms with Crippen molar-refractivity contribution in [3.05, 3.63) is 58.1 Å². The van der Waals surface area contributed by atoms with Crippen LogP contribution in [0.1, 0.15) is 31.9 Å². The summed E-state index contributed by atoms with van der Waals surface area (Å²) >= 11 is 3.59. The van der Waals surface area contributed by atoms with Crippen molar-refractivity contribution in [3.63, 3.8) is 0 Å². The van der Waals surface area contributed by atoms with Crippen LogP contribution in [0, 0.1) is 0 Å². The van der Waals surface area contributed by atoms with Gasteiger partial charge in [-0.25, -0.2) is 0 Å². The zero-order valence-electron chi connectivity index (χ0n) is 14.7. The normalized spacial score (nSPS) is 11.8. The minimum atomic E-state index is 1.00. The first-order valence-corrected chi connectivity index (χ1v) is 9.60. The van der Waals surface area contributed by atoms with Gasteiger partial charge in [-0.2, -0.15) is 0 Å². The Bertz CT molecular complexity index is 846. The first-order chi connectivity index (χ1) is 11.7. The lowest BCUT2D eigenvalue weighted by Gasteiger charge is -2.02. The average Bonchev–Trinajstić information content (AvgIpc) is 3.10. The maximum absolute atomic E-state index is 3.59. The third-order valence-electron chi connectivity index (χ3n) is 4.58. The zero-order chi connectivity index (χ0) is 17.1. The van der Waals surface area contributed by atoms with E-state index in [2.05, 4.69) is 89.0 Å². The summed E-state index contributed by atoms with van der Waals surface area (Å²) < 4.78 is 3.62. The summed E-state index contributed by atoms with van der Waals surface area (Å²) in [4.78, 5) is 0. The van der Waals surface area contributed by atoms with E-state index >= 15 is 0 Å². The number of rotatable bonds is 3. The highest BCUT2D eigenvalue weighted by Gasteiger charge is 2.24. The van der Waals surface area contributed by atoms with Gasteiger partial charge in [-0.15, -0.1) is 0 Å². The summed E-state index contributed by atoms with van der Waals surface area (Å²) in [5, 5.41) is 4.50. The molecule has 0 amide bonds. The van der Waals surface area contributed by atoms with Gasteiger partial charge in [0.15, 0.2) is 0 Å². The Morgan fingerprint density at radius 3 is 2.46 bits per heavy atom. The lowest BCUT2D eigenvalue weighted by molar-refractivity contribution is 0.762. The first kappa shape index (κ1) is 17.2. The molecule has 2 heterocycles. The van der Waals surface area contributed by atoms with Crippen LogP contribution in [-0.4, -0.2) is 17.7 Å². The molecular formula is C21H25BrN2. The van der Waals surface area contributed by atoms with Crippen LogP contribution in [-0.2, 0) is 13.0 Å². The van der Waals surface area contributed by atoms with Crippen molar-refractivity contribution in [2.45, 2.75) is 33.7 Å². The van der Waals surface area contributed by atoms with E-state index in [0.717, 1.165) is 30.5 Å². The van der Waals surface area contributed by atoms with Crippen molar-refractivity contribution >= 4 is 26.8 Å². The molecule has 0 fully saturated rings. The lowest BCUT2D eigenvalue weighted by Crippen LogP contribution is -2.09. The number of nitrogens with one attached hydrogen (secondary N) is 1. The molecule has 0 aliphatic carbocycles. The Hall–Kier alpha value is -1.58. The Balaban J connectivity index is 0.000000300. The van der Waals surface area contributed by atoms with Crippen LogP contribution < -0.4 is 5.32 Å². The van der Waals surface area contributed by atoms with Crippen molar-refractivity contribution in [2.75, 3.05) is 13.1 Å². The summed E-state index contributed by atoms with van der Waals surface area (Å²) in [6.45, 7) is 9.64. The standard InChI is InChI=1S/C17H14BrN.C4H11N/c1-2-13-15-9-12(18)7-8-16(15)19-10-11-5-3-4-6-14(11)17(13)19;1-3-5-4-2/h3-9H,2,10H2,1H3;5H,3-4H2,1-2H3. The second kappa shape index (κ2) is 7.54. The number of halogens is 1. The molecule has 3 heteroatoms. The van der Waals surface area contributed by atoms with Crippen molar-refractivity contribution in [1.82, 2.24) is 9.88 Å². The van der Waals surface area contributed by atoms with E-state index in [-0.39, 0.29) is 0 Å². The number of benzene rings is 2. The molecule has 0 saturated heterocycles. The molecule has 0 radical (unpaired) electrons. The third-order valence-corrected chi connectivity index (χ3v) is 5.08. The third kappa shape index (κ3) is 3.03. The summed E-state index contributed by atoms with van der Waals surface area (Å²) in [5.74, 6) is 0. The number of hydrogen-bond acceptors (Lipinski definition) is 1. The molecule has 1 aliphatic heterocycles. The number of aromatic nitrogens is 1. The SMILES string of the molecule is CCNCC.CCc1c2n(c3ccc(Br)cc13)Cc1ccccc1-2. The molecule has 1 aromatic heterocycles. The van der Waals surface area contributed by atoms with E-state index in [4.69, 9.17) is 0 Å². The highest BCUT2D eigenvalue weighted by molar-refractivity contribution is 9.10. The van der Waals surface area contributed by atoms with Gasteiger partial charge in [0.05, 0.1) is 5.69 Å². The van der Waals surface area contributed by atoms with Crippen molar-refractivity contribution in [1.29, 1.82) is 0 Å². The van der Waals surface area contributed by atoms with E-state index in [9.17, 15) is 0 Å². The van der Waals surface area contributed by atoms with E-state index in [1.54, 1.807) is 0 Å². The molecule has 0 unspecified atom stereocenters. The molecule has 2 aromatic carbocycles. The fourth-order valence-electron chi connectivity index (χ4n) is 3.54. The topological polar surface area (TPSA) is 17.0 Å². The molecule has 4 rings (SSSR count). The molecule has 0 spiro atoms. The predicted octanol–water partition coefficient (Wildman–Crippen LogP) is 5.61. The van der Waals surface area contributed by atoms with E-state index < -0.39 is 0 Å². The van der Waals surface area contributed by atoms with Gasteiger partial charge in [0, 0.05) is 27.5 Å². The van der Waals surface area contributed by atoms with E-state index in [1.165, 1.54) is 33.3 Å². The molecule has 3 aromatic rings. The monoisotopic (exact) mass is 384 g/mol. The zero-order valence-corrected chi connectivity index (χ0v) is 16.3. The number of fused-ring (bicyclic) bond motifs is 5. The minimum absolute atomic E-state index is 1.00. The van der Waals surface area contributed by atoms with Crippen LogP contribution in [0.4, 0.5) is 0 Å². The van der Waals surface area contributed by atoms with Gasteiger partial charge >= 0.3 is 0 Å². The van der Waals surface area contributed by atoms with Crippen molar-refractivity contribution in [3.8, 4) is 11.3 Å². The molecular weight excluding hydrogens is 360 g/mol. The fraction of sp³-hybridized carbons (Fsp3) is 0.333. The second-order valence-corrected chi connectivity index (χ2v) is 6.96. The Morgan fingerprint density at radius 2 is 1.79 bits per heavy atom. The minimum Gasteiger partial charge on any atom is -0.336 e. The Morgan fingerprint density at radius 1 is 1.04 bits per heavy atom. The molecule has 0 bridgehead atoms. The lowest BCUT2D eigenvalue weighted by atomic mass is 10.0. The predicted molar refractivity (Wildman–Crippen MR) is 108 cm³/mol. The summed E-state index contributed by atoms with van der Waals surface area (Å²) in [6.07, 6.45) is 1.07. The number of hydrogen-bond donors (Lipinski definition) is 1. The summed E-state index contributed by atoms with van der Waals surface area (Å²) in [6, 6.07) is 15.4. The van der Waals surface area contributed by atoms with Crippen molar-refractivity contribution in [2.24, 2.45) is 0 Å². The molecule has 1 N–H and O–H groups in total. The molecule has 1 aliphatic rings. The summed E-state index contributed by atoms with van der Waals surface area (Å²) in [7, 11) is 0. The molecule has 126 valence electrons. The van der Waals surface area contributed by atoms with Gasteiger partial charge < -0.3 is 9.88 Å². The van der Waals surface area contributed by atoms with Gasteiger partial charge in [0.1, 0.15) is 0 Å². The van der Waals surface area contributed by atoms with Crippen LogP contribution in [0.15, 0.2) is 46.9 Å². The maximum Gasteiger partial charge on any atom is 0.0530 e. The van der Waals surface area contributed by atoms with E-state index in [1.807, 2.05) is 0 Å². The quantitative estimate of drug-likeness (QED) is 0.485. The van der Waals surface area contributed by atoms with Gasteiger partial charge in [-0.1, -0.05) is 61.0 Å². The van der Waals surface area contributed by atoms with Crippen molar-refractivity contribution < 1.29 is 0 Å². The molecule has 0 saturated carbocycles. The molecule has 24 heavy (non-hydrogen) atoms. The van der Waals surface area contributed by atoms with Crippen LogP contribution in [0.3, 0.4) is 0 Å². The number of aryl methyl sites for hydroxylation is 1. The molecule has 0 atom stereocenters. The first-order valence-electron chi connectivity index (χ1n) is 8.80. The van der Waals surface area contributed by atoms with Crippen LogP contribution >= 0.6 is 15.9 Å². The number of nitrogens with zero attached hydrogens (tertiary/aromatic N) is 1. The largest absolute Gasteiger partial charge is 0.336 e. The average molecular weight is 385 g/mol. The second-order valence-electron chi connectivity index (χ2n) is 6.04. The Labute approximate surface area is 153 Å². The van der Waals surface area contributed by atoms with Crippen LogP contribution in [0.5, 0.6) is 0 Å². The Kier molecular flexibility index (Phi) is 5.42. The molecule has 2 nitrogen and oxygen atoms in total. The smallest absolute Gasteiger partial charge is 0.0530 e. The van der Waals surface area contributed by atoms with Gasteiger partial charge in [0.2, 0.25) is 0 Å². The van der Waals surface area contributed by atoms with E-state index in [0.29, 0.717) is 0 Å². The highest BCUT2D eigenvalue weighted by atomic mass is 79.9. The van der Waals surface area contributed by atoms with Gasteiger partial charge in [-0.05, 0) is 48.8 Å². The fourth-order valence-corrected chi connectivity index (χ4v) is 3.90. The van der Waals surface area contributed by atoms with Crippen LogP contribution in [0.25, 0.3) is 22.2 Å². The maximum atomic E-state index is 3.59. The van der Waals surface area contributed by atoms with Gasteiger partial charge in [0.25, 0.3) is 0 Å². The van der Waals surface area contributed by atoms with Gasteiger partial charge in [-0.3, -0.25) is 0 Å². The summed E-state index contributed by atoms with van der Waals surface area (Å²) in [5.41, 5.74) is 7.10. The highest BCUT2D eigenvalue weighted by Crippen LogP contribution is 2.41.